The summed E-state index contributed by atoms with van der Waals surface area (Å²) in [5.74, 6) is 0. The van der Waals surface area contributed by atoms with E-state index in [0.29, 0.717) is 56.1 Å². The molecule has 53 heavy (non-hydrogen) atoms. The summed E-state index contributed by atoms with van der Waals surface area (Å²) in [4.78, 5) is 8.45. The molecule has 0 bridgehead atoms. The standard InChI is InChI=1S/C45H84N3O4P/c1-37(46(40-22-10-4-11-23-40)41-24-12-5-13-25-41)34-50-53(49,51-35-38(2)47(42-26-14-6-15-27-42)43-28-16-7-17-29-43)52-36-39(3)48(44-30-18-8-19-31-44)45-32-20-9-21-33-45/h37-45H,4-36H2,1-3H3. The van der Waals surface area contributed by atoms with Crippen molar-refractivity contribution in [1.29, 1.82) is 0 Å². The van der Waals surface area contributed by atoms with Crippen LogP contribution in [0.1, 0.15) is 213 Å². The van der Waals surface area contributed by atoms with Gasteiger partial charge in [-0.3, -0.25) is 28.3 Å². The average Bonchev–Trinajstić information content (AvgIpc) is 3.21. The normalized spacial score (nSPS) is 27.7. The molecule has 0 radical (unpaired) electrons. The SMILES string of the molecule is CC(COP(=O)(OCC(C)N(C1CCCCC1)C1CCCCC1)OCC(C)N(C1CCCCC1)C1CCCCC1)N(C1CCCCC1)C1CCCCC1. The predicted molar refractivity (Wildman–Crippen MR) is 221 cm³/mol. The lowest BCUT2D eigenvalue weighted by molar-refractivity contribution is -0.0112. The lowest BCUT2D eigenvalue weighted by Gasteiger charge is -2.46. The van der Waals surface area contributed by atoms with E-state index in [1.54, 1.807) is 0 Å². The first kappa shape index (κ1) is 42.6. The number of nitrogens with zero attached hydrogens (tertiary/aromatic N) is 3. The zero-order chi connectivity index (χ0) is 36.9. The summed E-state index contributed by atoms with van der Waals surface area (Å²) in [7, 11) is -3.82. The second-order valence-corrected chi connectivity index (χ2v) is 20.6. The van der Waals surface area contributed by atoms with Gasteiger partial charge < -0.3 is 0 Å². The molecule has 0 heterocycles. The molecule has 0 aromatic carbocycles. The van der Waals surface area contributed by atoms with Gasteiger partial charge in [-0.25, -0.2) is 4.57 Å². The molecule has 6 aliphatic carbocycles. The molecule has 0 aromatic heterocycles. The Bertz CT molecular complexity index is 862. The van der Waals surface area contributed by atoms with Crippen LogP contribution in [0.15, 0.2) is 0 Å². The van der Waals surface area contributed by atoms with Crippen molar-refractivity contribution in [3.63, 3.8) is 0 Å². The molecule has 0 N–H and O–H groups in total. The van der Waals surface area contributed by atoms with Crippen molar-refractivity contribution in [2.75, 3.05) is 19.8 Å². The monoisotopic (exact) mass is 762 g/mol. The molecule has 0 spiro atoms. The molecule has 3 unspecified atom stereocenters. The van der Waals surface area contributed by atoms with Crippen LogP contribution in [0.5, 0.6) is 0 Å². The van der Waals surface area contributed by atoms with Crippen molar-refractivity contribution in [2.45, 2.75) is 268 Å². The summed E-state index contributed by atoms with van der Waals surface area (Å²) in [6.45, 7) is 8.24. The molecular weight excluding hydrogens is 677 g/mol. The van der Waals surface area contributed by atoms with E-state index in [2.05, 4.69) is 35.5 Å². The first-order chi connectivity index (χ1) is 25.9. The minimum Gasteiger partial charge on any atom is -0.292 e. The van der Waals surface area contributed by atoms with Crippen LogP contribution in [0.25, 0.3) is 0 Å². The lowest BCUT2D eigenvalue weighted by Crippen LogP contribution is -2.52. The third-order valence-electron chi connectivity index (χ3n) is 14.9. The Morgan fingerprint density at radius 3 is 0.698 bits per heavy atom. The molecule has 3 atom stereocenters. The molecule has 6 rings (SSSR count). The Hall–Kier alpha value is -0.0100. The molecule has 6 fully saturated rings. The highest BCUT2D eigenvalue weighted by Crippen LogP contribution is 2.51. The van der Waals surface area contributed by atoms with Gasteiger partial charge in [0.1, 0.15) is 0 Å². The summed E-state index contributed by atoms with van der Waals surface area (Å²) in [6.07, 6.45) is 39.6. The molecule has 8 heteroatoms. The molecule has 6 aliphatic rings. The minimum atomic E-state index is -3.82. The Morgan fingerprint density at radius 1 is 0.358 bits per heavy atom. The summed E-state index contributed by atoms with van der Waals surface area (Å²) < 4.78 is 35.0. The fourth-order valence-electron chi connectivity index (χ4n) is 12.3. The molecule has 6 saturated carbocycles. The molecule has 0 saturated heterocycles. The van der Waals surface area contributed by atoms with E-state index in [9.17, 15) is 0 Å². The molecular formula is C45H84N3O4P. The highest BCUT2D eigenvalue weighted by Gasteiger charge is 2.39. The van der Waals surface area contributed by atoms with Gasteiger partial charge in [0.05, 0.1) is 19.8 Å². The smallest absolute Gasteiger partial charge is 0.292 e. The third kappa shape index (κ3) is 12.5. The van der Waals surface area contributed by atoms with Gasteiger partial charge in [-0.1, -0.05) is 116 Å². The van der Waals surface area contributed by atoms with Crippen LogP contribution < -0.4 is 0 Å². The van der Waals surface area contributed by atoms with Gasteiger partial charge >= 0.3 is 7.82 Å². The van der Waals surface area contributed by atoms with Gasteiger partial charge in [0.2, 0.25) is 0 Å². The van der Waals surface area contributed by atoms with Crippen LogP contribution in [-0.4, -0.2) is 88.9 Å². The van der Waals surface area contributed by atoms with Crippen LogP contribution in [0.2, 0.25) is 0 Å². The molecule has 0 aromatic rings. The van der Waals surface area contributed by atoms with Gasteiger partial charge in [-0.2, -0.15) is 0 Å². The lowest BCUT2D eigenvalue weighted by atomic mass is 9.87. The summed E-state index contributed by atoms with van der Waals surface area (Å²) in [5, 5.41) is 0. The molecule has 308 valence electrons. The summed E-state index contributed by atoms with van der Waals surface area (Å²) in [5.41, 5.74) is 0. The number of phosphoric acid groups is 1. The van der Waals surface area contributed by atoms with Crippen LogP contribution >= 0.6 is 7.82 Å². The van der Waals surface area contributed by atoms with E-state index in [4.69, 9.17) is 13.6 Å². The summed E-state index contributed by atoms with van der Waals surface area (Å²) >= 11 is 0. The van der Waals surface area contributed by atoms with Crippen molar-refractivity contribution in [2.24, 2.45) is 0 Å². The van der Waals surface area contributed by atoms with Crippen LogP contribution in [0.4, 0.5) is 0 Å². The Labute approximate surface area is 327 Å². The van der Waals surface area contributed by atoms with Crippen LogP contribution in [0.3, 0.4) is 0 Å². The molecule has 7 nitrogen and oxygen atoms in total. The first-order valence-electron chi connectivity index (χ1n) is 23.8. The predicted octanol–water partition coefficient (Wildman–Crippen LogP) is 12.2. The van der Waals surface area contributed by atoms with Gasteiger partial charge in [-0.05, 0) is 97.8 Å². The van der Waals surface area contributed by atoms with E-state index in [1.165, 1.54) is 193 Å². The molecule has 0 aliphatic heterocycles. The number of hydrogen-bond acceptors (Lipinski definition) is 7. The van der Waals surface area contributed by atoms with Gasteiger partial charge in [0.15, 0.2) is 0 Å². The second-order valence-electron chi connectivity index (χ2n) is 19.0. The van der Waals surface area contributed by atoms with Crippen molar-refractivity contribution in [3.8, 4) is 0 Å². The Kier molecular flexibility index (Phi) is 17.9. The first-order valence-corrected chi connectivity index (χ1v) is 25.2. The van der Waals surface area contributed by atoms with Gasteiger partial charge in [0, 0.05) is 54.4 Å². The maximum atomic E-state index is 15.1. The largest absolute Gasteiger partial charge is 0.474 e. The van der Waals surface area contributed by atoms with Crippen molar-refractivity contribution < 1.29 is 18.1 Å². The number of rotatable bonds is 18. The van der Waals surface area contributed by atoms with Crippen molar-refractivity contribution >= 4 is 7.82 Å². The maximum absolute atomic E-state index is 15.1. The van der Waals surface area contributed by atoms with Crippen molar-refractivity contribution in [1.82, 2.24) is 14.7 Å². The number of phosphoric ester groups is 1. The van der Waals surface area contributed by atoms with Gasteiger partial charge in [0.25, 0.3) is 0 Å². The van der Waals surface area contributed by atoms with E-state index in [-0.39, 0.29) is 18.1 Å². The van der Waals surface area contributed by atoms with Gasteiger partial charge in [-0.15, -0.1) is 0 Å². The van der Waals surface area contributed by atoms with E-state index >= 15 is 4.57 Å². The zero-order valence-electron chi connectivity index (χ0n) is 35.0. The highest BCUT2D eigenvalue weighted by atomic mass is 31.2. The van der Waals surface area contributed by atoms with Crippen molar-refractivity contribution in [3.05, 3.63) is 0 Å². The fraction of sp³-hybridized carbons (Fsp3) is 1.00. The Balaban J connectivity index is 1.17. The minimum absolute atomic E-state index is 0.193. The topological polar surface area (TPSA) is 54.5 Å². The summed E-state index contributed by atoms with van der Waals surface area (Å²) in [6, 6.07) is 4.28. The quantitative estimate of drug-likeness (QED) is 0.129. The van der Waals surface area contributed by atoms with Crippen LogP contribution in [-0.2, 0) is 18.1 Å². The van der Waals surface area contributed by atoms with E-state index in [0.717, 1.165) is 0 Å². The zero-order valence-corrected chi connectivity index (χ0v) is 35.8. The third-order valence-corrected chi connectivity index (χ3v) is 16.3. The number of hydrogen-bond donors (Lipinski definition) is 0. The Morgan fingerprint density at radius 2 is 0.528 bits per heavy atom. The second kappa shape index (κ2) is 22.2. The van der Waals surface area contributed by atoms with E-state index in [1.807, 2.05) is 0 Å². The highest BCUT2D eigenvalue weighted by molar-refractivity contribution is 7.48. The average molecular weight is 762 g/mol. The van der Waals surface area contributed by atoms with E-state index < -0.39 is 7.82 Å². The fourth-order valence-corrected chi connectivity index (χ4v) is 13.7. The molecule has 0 amide bonds. The van der Waals surface area contributed by atoms with Crippen LogP contribution in [0, 0.1) is 0 Å². The maximum Gasteiger partial charge on any atom is 0.474 e.